The molecule has 0 saturated carbocycles. The van der Waals surface area contributed by atoms with E-state index < -0.39 is 11.9 Å². The first kappa shape index (κ1) is 13.2. The minimum Gasteiger partial charge on any atom is -0.368 e. The SMILES string of the molecule is CNC(CC(=O)Nc1ccccc1C)C(N)=O. The van der Waals surface area contributed by atoms with E-state index in [-0.39, 0.29) is 12.3 Å². The zero-order chi connectivity index (χ0) is 12.8. The molecule has 5 nitrogen and oxygen atoms in total. The molecule has 0 radical (unpaired) electrons. The summed E-state index contributed by atoms with van der Waals surface area (Å²) in [6, 6.07) is 6.81. The molecule has 0 aliphatic heterocycles. The number of rotatable bonds is 5. The molecule has 0 aliphatic rings. The lowest BCUT2D eigenvalue weighted by atomic mass is 10.1. The van der Waals surface area contributed by atoms with Crippen LogP contribution in [0.4, 0.5) is 5.69 Å². The third kappa shape index (κ3) is 3.88. The number of para-hydroxylation sites is 1. The Hall–Kier alpha value is -1.88. The van der Waals surface area contributed by atoms with E-state index in [1.54, 1.807) is 7.05 Å². The minimum atomic E-state index is -0.640. The molecule has 92 valence electrons. The van der Waals surface area contributed by atoms with Crippen molar-refractivity contribution in [2.24, 2.45) is 5.73 Å². The molecule has 1 aromatic carbocycles. The summed E-state index contributed by atoms with van der Waals surface area (Å²) in [5.74, 6) is -0.773. The second kappa shape index (κ2) is 6.00. The first-order valence-corrected chi connectivity index (χ1v) is 5.36. The topological polar surface area (TPSA) is 84.2 Å². The molecule has 0 aromatic heterocycles. The number of anilines is 1. The van der Waals surface area contributed by atoms with E-state index in [4.69, 9.17) is 5.73 Å². The average Bonchev–Trinajstić information content (AvgIpc) is 2.28. The van der Waals surface area contributed by atoms with Crippen LogP contribution in [0, 0.1) is 6.92 Å². The Morgan fingerprint density at radius 2 is 2.00 bits per heavy atom. The van der Waals surface area contributed by atoms with Crippen LogP contribution in [0.15, 0.2) is 24.3 Å². The summed E-state index contributed by atoms with van der Waals surface area (Å²) >= 11 is 0. The fraction of sp³-hybridized carbons (Fsp3) is 0.333. The number of hydrogen-bond acceptors (Lipinski definition) is 3. The number of likely N-dealkylation sites (N-methyl/N-ethyl adjacent to an activating group) is 1. The Balaban J connectivity index is 2.61. The summed E-state index contributed by atoms with van der Waals surface area (Å²) in [6.07, 6.45) is 0.0279. The zero-order valence-corrected chi connectivity index (χ0v) is 9.99. The van der Waals surface area contributed by atoms with Gasteiger partial charge < -0.3 is 16.4 Å². The molecular weight excluding hydrogens is 218 g/mol. The van der Waals surface area contributed by atoms with Crippen LogP contribution in [-0.2, 0) is 9.59 Å². The van der Waals surface area contributed by atoms with Gasteiger partial charge in [0.05, 0.1) is 12.5 Å². The van der Waals surface area contributed by atoms with Crippen molar-refractivity contribution in [1.82, 2.24) is 5.32 Å². The van der Waals surface area contributed by atoms with Crippen LogP contribution in [-0.4, -0.2) is 24.9 Å². The van der Waals surface area contributed by atoms with Crippen molar-refractivity contribution in [2.75, 3.05) is 12.4 Å². The quantitative estimate of drug-likeness (QED) is 0.690. The smallest absolute Gasteiger partial charge is 0.235 e. The van der Waals surface area contributed by atoms with Crippen molar-refractivity contribution in [3.05, 3.63) is 29.8 Å². The molecule has 1 aromatic rings. The lowest BCUT2D eigenvalue weighted by Crippen LogP contribution is -2.41. The summed E-state index contributed by atoms with van der Waals surface area (Å²) in [5.41, 5.74) is 6.86. The molecule has 5 heteroatoms. The van der Waals surface area contributed by atoms with Crippen LogP contribution in [0.2, 0.25) is 0 Å². The normalized spacial score (nSPS) is 11.9. The summed E-state index contributed by atoms with van der Waals surface area (Å²) in [5, 5.41) is 5.44. The first-order valence-electron chi connectivity index (χ1n) is 5.36. The fourth-order valence-corrected chi connectivity index (χ4v) is 1.44. The van der Waals surface area contributed by atoms with Gasteiger partial charge in [-0.25, -0.2) is 0 Å². The van der Waals surface area contributed by atoms with Crippen LogP contribution in [0.25, 0.3) is 0 Å². The lowest BCUT2D eigenvalue weighted by Gasteiger charge is -2.13. The van der Waals surface area contributed by atoms with E-state index in [0.29, 0.717) is 0 Å². The van der Waals surface area contributed by atoms with Gasteiger partial charge in [0.25, 0.3) is 0 Å². The van der Waals surface area contributed by atoms with Crippen LogP contribution in [0.5, 0.6) is 0 Å². The number of primary amides is 1. The molecular formula is C12H17N3O2. The molecule has 2 amide bonds. The average molecular weight is 235 g/mol. The van der Waals surface area contributed by atoms with Crippen molar-refractivity contribution in [3.63, 3.8) is 0 Å². The van der Waals surface area contributed by atoms with Crippen molar-refractivity contribution >= 4 is 17.5 Å². The Bertz CT molecular complexity index is 418. The third-order valence-corrected chi connectivity index (χ3v) is 2.50. The number of hydrogen-bond donors (Lipinski definition) is 3. The fourth-order valence-electron chi connectivity index (χ4n) is 1.44. The molecule has 0 aliphatic carbocycles. The lowest BCUT2D eigenvalue weighted by molar-refractivity contribution is -0.124. The van der Waals surface area contributed by atoms with Gasteiger partial charge in [-0.05, 0) is 25.6 Å². The van der Waals surface area contributed by atoms with E-state index in [1.807, 2.05) is 31.2 Å². The number of nitrogens with two attached hydrogens (primary N) is 1. The van der Waals surface area contributed by atoms with Gasteiger partial charge in [0, 0.05) is 5.69 Å². The van der Waals surface area contributed by atoms with Gasteiger partial charge in [0.2, 0.25) is 11.8 Å². The van der Waals surface area contributed by atoms with E-state index in [1.165, 1.54) is 0 Å². The predicted octanol–water partition coefficient (Wildman–Crippen LogP) is 0.397. The van der Waals surface area contributed by atoms with E-state index in [9.17, 15) is 9.59 Å². The van der Waals surface area contributed by atoms with Crippen molar-refractivity contribution in [2.45, 2.75) is 19.4 Å². The summed E-state index contributed by atoms with van der Waals surface area (Å²) in [4.78, 5) is 22.6. The van der Waals surface area contributed by atoms with E-state index >= 15 is 0 Å². The first-order chi connectivity index (χ1) is 8.04. The predicted molar refractivity (Wildman–Crippen MR) is 66.5 cm³/mol. The van der Waals surface area contributed by atoms with Crippen molar-refractivity contribution in [3.8, 4) is 0 Å². The maximum Gasteiger partial charge on any atom is 0.235 e. The summed E-state index contributed by atoms with van der Waals surface area (Å²) in [7, 11) is 1.59. The van der Waals surface area contributed by atoms with Gasteiger partial charge in [0.15, 0.2) is 0 Å². The van der Waals surface area contributed by atoms with E-state index in [2.05, 4.69) is 10.6 Å². The summed E-state index contributed by atoms with van der Waals surface area (Å²) < 4.78 is 0. The van der Waals surface area contributed by atoms with Gasteiger partial charge in [0.1, 0.15) is 0 Å². The van der Waals surface area contributed by atoms with E-state index in [0.717, 1.165) is 11.3 Å². The molecule has 1 unspecified atom stereocenters. The second-order valence-electron chi connectivity index (χ2n) is 3.81. The maximum atomic E-state index is 11.7. The van der Waals surface area contributed by atoms with Gasteiger partial charge >= 0.3 is 0 Å². The molecule has 0 spiro atoms. The molecule has 0 saturated heterocycles. The Labute approximate surface area is 100 Å². The van der Waals surface area contributed by atoms with Crippen LogP contribution in [0.1, 0.15) is 12.0 Å². The molecule has 1 atom stereocenters. The van der Waals surface area contributed by atoms with Crippen molar-refractivity contribution in [1.29, 1.82) is 0 Å². The third-order valence-electron chi connectivity index (χ3n) is 2.50. The molecule has 1 rings (SSSR count). The number of carbonyl (C=O) groups is 2. The Morgan fingerprint density at radius 3 is 2.53 bits per heavy atom. The molecule has 0 heterocycles. The maximum absolute atomic E-state index is 11.7. The number of amides is 2. The van der Waals surface area contributed by atoms with Crippen LogP contribution in [0.3, 0.4) is 0 Å². The number of carbonyl (C=O) groups excluding carboxylic acids is 2. The largest absolute Gasteiger partial charge is 0.368 e. The van der Waals surface area contributed by atoms with Gasteiger partial charge in [-0.3, -0.25) is 9.59 Å². The Morgan fingerprint density at radius 1 is 1.35 bits per heavy atom. The molecule has 0 bridgehead atoms. The molecule has 0 fully saturated rings. The highest BCUT2D eigenvalue weighted by Crippen LogP contribution is 2.13. The number of nitrogens with one attached hydrogen (secondary N) is 2. The number of benzene rings is 1. The monoisotopic (exact) mass is 235 g/mol. The standard InChI is InChI=1S/C12H17N3O2/c1-8-5-3-4-6-9(8)15-11(16)7-10(14-2)12(13)17/h3-6,10,14H,7H2,1-2H3,(H2,13,17)(H,15,16). The van der Waals surface area contributed by atoms with Crippen molar-refractivity contribution < 1.29 is 9.59 Å². The van der Waals surface area contributed by atoms with Crippen LogP contribution >= 0.6 is 0 Å². The Kier molecular flexibility index (Phi) is 4.66. The second-order valence-corrected chi connectivity index (χ2v) is 3.81. The van der Waals surface area contributed by atoms with Gasteiger partial charge in [-0.1, -0.05) is 18.2 Å². The number of aryl methyl sites for hydroxylation is 1. The summed E-state index contributed by atoms with van der Waals surface area (Å²) in [6.45, 7) is 1.90. The van der Waals surface area contributed by atoms with Gasteiger partial charge in [-0.15, -0.1) is 0 Å². The highest BCUT2D eigenvalue weighted by molar-refractivity contribution is 5.95. The van der Waals surface area contributed by atoms with Gasteiger partial charge in [-0.2, -0.15) is 0 Å². The van der Waals surface area contributed by atoms with Crippen LogP contribution < -0.4 is 16.4 Å². The zero-order valence-electron chi connectivity index (χ0n) is 9.99. The highest BCUT2D eigenvalue weighted by Gasteiger charge is 2.17. The minimum absolute atomic E-state index is 0.0279. The highest BCUT2D eigenvalue weighted by atomic mass is 16.2. The molecule has 17 heavy (non-hydrogen) atoms. The molecule has 4 N–H and O–H groups in total.